The first-order valence-corrected chi connectivity index (χ1v) is 9.76. The van der Waals surface area contributed by atoms with Gasteiger partial charge in [0.2, 0.25) is 0 Å². The van der Waals surface area contributed by atoms with Gasteiger partial charge in [-0.15, -0.1) is 0 Å². The summed E-state index contributed by atoms with van der Waals surface area (Å²) < 4.78 is 22.8. The number of benzene rings is 1. The summed E-state index contributed by atoms with van der Waals surface area (Å²) >= 11 is 0. The molecule has 0 amide bonds. The molecule has 7 rings (SSSR count). The third kappa shape index (κ3) is 1.72. The van der Waals surface area contributed by atoms with Crippen LogP contribution in [-0.2, 0) is 21.3 Å². The Hall–Kier alpha value is -1.60. The Morgan fingerprint density at radius 3 is 3.07 bits per heavy atom. The SMILES string of the molecule is COCCOCOc1ccc2c3c1O[C@@H]1[C@@]34C3C=C[C@]1(O)C4CN(C)[C@@H]3C2. The topological polar surface area (TPSA) is 60.4 Å². The lowest BCUT2D eigenvalue weighted by Crippen LogP contribution is -2.85. The molecule has 2 fully saturated rings. The van der Waals surface area contributed by atoms with Crippen LogP contribution in [0.5, 0.6) is 11.5 Å². The quantitative estimate of drug-likeness (QED) is 0.459. The molecule has 2 heterocycles. The van der Waals surface area contributed by atoms with E-state index in [-0.39, 0.29) is 24.2 Å². The molecule has 2 aliphatic heterocycles. The highest BCUT2D eigenvalue weighted by Gasteiger charge is 2.82. The van der Waals surface area contributed by atoms with Crippen LogP contribution in [0.3, 0.4) is 0 Å². The van der Waals surface area contributed by atoms with E-state index in [1.54, 1.807) is 7.11 Å². The number of rotatable bonds is 6. The summed E-state index contributed by atoms with van der Waals surface area (Å²) in [6.07, 6.45) is 5.08. The normalized spacial score (nSPS) is 41.9. The lowest BCUT2D eigenvalue weighted by Gasteiger charge is -2.72. The van der Waals surface area contributed by atoms with Gasteiger partial charge in [0, 0.05) is 37.1 Å². The highest BCUT2D eigenvalue weighted by Crippen LogP contribution is 2.74. The molecular weight excluding hydrogens is 346 g/mol. The van der Waals surface area contributed by atoms with E-state index in [2.05, 4.69) is 24.1 Å². The van der Waals surface area contributed by atoms with Crippen LogP contribution < -0.4 is 9.47 Å². The zero-order chi connectivity index (χ0) is 18.4. The van der Waals surface area contributed by atoms with Crippen molar-refractivity contribution in [2.45, 2.75) is 29.6 Å². The average molecular weight is 371 g/mol. The molecule has 1 aromatic carbocycles. The summed E-state index contributed by atoms with van der Waals surface area (Å²) in [6.45, 7) is 2.11. The number of ether oxygens (including phenoxy) is 4. The summed E-state index contributed by atoms with van der Waals surface area (Å²) in [5.41, 5.74) is 1.65. The Bertz CT molecular complexity index is 840. The Balaban J connectivity index is 1.40. The second-order valence-electron chi connectivity index (χ2n) is 8.56. The summed E-state index contributed by atoms with van der Waals surface area (Å²) in [5.74, 6) is 2.11. The summed E-state index contributed by atoms with van der Waals surface area (Å²) in [6, 6.07) is 4.64. The van der Waals surface area contributed by atoms with Gasteiger partial charge in [-0.05, 0) is 25.1 Å². The zero-order valence-electron chi connectivity index (χ0n) is 15.7. The maximum absolute atomic E-state index is 11.4. The molecule has 0 aromatic heterocycles. The fraction of sp³-hybridized carbons (Fsp3) is 0.619. The number of likely N-dealkylation sites (tertiary alicyclic amines) is 1. The van der Waals surface area contributed by atoms with Crippen LogP contribution in [-0.4, -0.2) is 68.5 Å². The highest BCUT2D eigenvalue weighted by molar-refractivity contribution is 5.67. The molecule has 1 saturated heterocycles. The van der Waals surface area contributed by atoms with Gasteiger partial charge >= 0.3 is 0 Å². The van der Waals surface area contributed by atoms with Crippen molar-refractivity contribution in [2.75, 3.05) is 40.7 Å². The van der Waals surface area contributed by atoms with Crippen LogP contribution in [0.2, 0.25) is 0 Å². The van der Waals surface area contributed by atoms with Gasteiger partial charge < -0.3 is 29.0 Å². The predicted molar refractivity (Wildman–Crippen MR) is 97.1 cm³/mol. The fourth-order valence-electron chi connectivity index (χ4n) is 6.58. The lowest BCUT2D eigenvalue weighted by molar-refractivity contribution is -0.252. The minimum absolute atomic E-state index is 0.0974. The zero-order valence-corrected chi connectivity index (χ0v) is 15.7. The van der Waals surface area contributed by atoms with Crippen molar-refractivity contribution in [1.82, 2.24) is 4.90 Å². The summed E-state index contributed by atoms with van der Waals surface area (Å²) in [7, 11) is 3.84. The first-order valence-electron chi connectivity index (χ1n) is 9.76. The van der Waals surface area contributed by atoms with E-state index in [0.717, 1.165) is 18.7 Å². The van der Waals surface area contributed by atoms with E-state index in [4.69, 9.17) is 18.9 Å². The molecule has 6 nitrogen and oxygen atoms in total. The van der Waals surface area contributed by atoms with Crippen LogP contribution in [0.1, 0.15) is 11.1 Å². The van der Waals surface area contributed by atoms with Crippen molar-refractivity contribution in [3.63, 3.8) is 0 Å². The van der Waals surface area contributed by atoms with E-state index in [1.807, 2.05) is 12.1 Å². The van der Waals surface area contributed by atoms with Gasteiger partial charge in [-0.25, -0.2) is 0 Å². The molecule has 0 radical (unpaired) electrons. The first-order chi connectivity index (χ1) is 13.1. The van der Waals surface area contributed by atoms with Crippen LogP contribution in [0, 0.1) is 11.8 Å². The van der Waals surface area contributed by atoms with Crippen LogP contribution in [0.15, 0.2) is 24.3 Å². The van der Waals surface area contributed by atoms with E-state index in [9.17, 15) is 5.11 Å². The Labute approximate surface area is 158 Å². The summed E-state index contributed by atoms with van der Waals surface area (Å²) in [5, 5.41) is 11.4. The monoisotopic (exact) mass is 371 g/mol. The molecule has 6 atom stereocenters. The van der Waals surface area contributed by atoms with Gasteiger partial charge in [-0.3, -0.25) is 0 Å². The number of hydrogen-bond donors (Lipinski definition) is 1. The minimum Gasteiger partial charge on any atom is -0.482 e. The minimum atomic E-state index is -0.879. The number of piperidine rings is 1. The largest absolute Gasteiger partial charge is 0.482 e. The van der Waals surface area contributed by atoms with E-state index < -0.39 is 5.60 Å². The van der Waals surface area contributed by atoms with Crippen molar-refractivity contribution in [1.29, 1.82) is 0 Å². The molecule has 6 aliphatic rings. The fourth-order valence-corrected chi connectivity index (χ4v) is 6.58. The number of aliphatic hydroxyl groups is 1. The molecule has 2 unspecified atom stereocenters. The van der Waals surface area contributed by atoms with Crippen molar-refractivity contribution in [3.8, 4) is 11.5 Å². The van der Waals surface area contributed by atoms with Crippen LogP contribution in [0.25, 0.3) is 0 Å². The molecule has 1 N–H and O–H groups in total. The van der Waals surface area contributed by atoms with E-state index in [0.29, 0.717) is 30.9 Å². The van der Waals surface area contributed by atoms with Crippen molar-refractivity contribution in [2.24, 2.45) is 11.8 Å². The molecular formula is C21H25NO5. The third-order valence-electron chi connectivity index (χ3n) is 7.60. The first kappa shape index (κ1) is 16.4. The van der Waals surface area contributed by atoms with Gasteiger partial charge in [-0.2, -0.15) is 0 Å². The van der Waals surface area contributed by atoms with Gasteiger partial charge in [0.1, 0.15) is 11.7 Å². The molecule has 5 bridgehead atoms. The number of likely N-dealkylation sites (N-methyl/N-ethyl adjacent to an activating group) is 1. The predicted octanol–water partition coefficient (Wildman–Crippen LogP) is 1.10. The Morgan fingerprint density at radius 2 is 2.22 bits per heavy atom. The maximum Gasteiger partial charge on any atom is 0.189 e. The smallest absolute Gasteiger partial charge is 0.189 e. The van der Waals surface area contributed by atoms with Crippen molar-refractivity contribution in [3.05, 3.63) is 35.4 Å². The van der Waals surface area contributed by atoms with Crippen molar-refractivity contribution < 1.29 is 24.1 Å². The Morgan fingerprint density at radius 1 is 1.33 bits per heavy atom. The lowest BCUT2D eigenvalue weighted by atomic mass is 9.36. The van der Waals surface area contributed by atoms with E-state index >= 15 is 0 Å². The molecule has 1 aromatic rings. The molecule has 4 aliphatic carbocycles. The van der Waals surface area contributed by atoms with E-state index in [1.165, 1.54) is 11.1 Å². The molecule has 144 valence electrons. The molecule has 6 heteroatoms. The van der Waals surface area contributed by atoms with Gasteiger partial charge in [-0.1, -0.05) is 18.2 Å². The van der Waals surface area contributed by atoms with Gasteiger partial charge in [0.15, 0.2) is 18.3 Å². The summed E-state index contributed by atoms with van der Waals surface area (Å²) in [4.78, 5) is 2.43. The number of nitrogens with zero attached hydrogens (tertiary/aromatic N) is 1. The Kier molecular flexibility index (Phi) is 3.19. The molecule has 1 spiro atoms. The second kappa shape index (κ2) is 5.26. The number of hydrogen-bond acceptors (Lipinski definition) is 6. The number of methoxy groups -OCH3 is 1. The molecule has 1 saturated carbocycles. The van der Waals surface area contributed by atoms with Crippen LogP contribution >= 0.6 is 0 Å². The van der Waals surface area contributed by atoms with Crippen molar-refractivity contribution >= 4 is 0 Å². The third-order valence-corrected chi connectivity index (χ3v) is 7.60. The van der Waals surface area contributed by atoms with Crippen LogP contribution in [0.4, 0.5) is 0 Å². The second-order valence-corrected chi connectivity index (χ2v) is 8.56. The van der Waals surface area contributed by atoms with Gasteiger partial charge in [0.25, 0.3) is 0 Å². The maximum atomic E-state index is 11.4. The molecule has 27 heavy (non-hydrogen) atoms. The average Bonchev–Trinajstić information content (AvgIpc) is 2.99. The van der Waals surface area contributed by atoms with Gasteiger partial charge in [0.05, 0.1) is 18.6 Å². The highest BCUT2D eigenvalue weighted by atomic mass is 16.7. The standard InChI is InChI=1S/C21H25NO5/c1-22-10-16-20(23)6-5-13-14(22)9-12-3-4-15(26-11-25-8-7-24-2)18-17(12)21(13,16)19(20)27-18/h3-6,13-14,16,19,23H,7-11H2,1-2H3/t13?,14-,16?,19+,20+,21-/m1/s1.